The molecule has 2 aliphatic heterocycles. The predicted octanol–water partition coefficient (Wildman–Crippen LogP) is 4.53. The maximum absolute atomic E-state index is 13.9. The van der Waals surface area contributed by atoms with E-state index in [0.29, 0.717) is 36.8 Å². The van der Waals surface area contributed by atoms with Crippen molar-refractivity contribution in [1.82, 2.24) is 10.3 Å². The molecule has 0 unspecified atom stereocenters. The van der Waals surface area contributed by atoms with Crippen LogP contribution < -0.4 is 11.1 Å². The summed E-state index contributed by atoms with van der Waals surface area (Å²) in [6.07, 6.45) is 3.31. The fraction of sp³-hybridized carbons (Fsp3) is 0.0952. The van der Waals surface area contributed by atoms with Crippen molar-refractivity contribution < 1.29 is 13.6 Å². The fourth-order valence-electron chi connectivity index (χ4n) is 3.28. The molecule has 0 atom stereocenters. The van der Waals surface area contributed by atoms with Crippen LogP contribution in [0, 0.1) is 17.0 Å². The van der Waals surface area contributed by atoms with E-state index in [2.05, 4.69) is 10.4 Å². The number of amides is 1. The number of rotatable bonds is 4. The lowest BCUT2D eigenvalue weighted by molar-refractivity contribution is -0.116. The molecule has 0 bridgehead atoms. The minimum atomic E-state index is -1.02. The number of halogens is 4. The summed E-state index contributed by atoms with van der Waals surface area (Å²) in [5.41, 5.74) is 6.99. The van der Waals surface area contributed by atoms with Gasteiger partial charge in [-0.2, -0.15) is 5.10 Å². The van der Waals surface area contributed by atoms with E-state index in [1.54, 1.807) is 35.4 Å². The minimum Gasteiger partial charge on any atom is -0.387 e. The summed E-state index contributed by atoms with van der Waals surface area (Å²) < 4.78 is 27.6. The monoisotopic (exact) mass is 493 g/mol. The summed E-state index contributed by atoms with van der Waals surface area (Å²) in [6, 6.07) is 7.03. The van der Waals surface area contributed by atoms with E-state index < -0.39 is 11.6 Å². The van der Waals surface area contributed by atoms with Gasteiger partial charge in [-0.25, -0.2) is 13.8 Å². The molecule has 1 amide bonds. The van der Waals surface area contributed by atoms with E-state index in [0.717, 1.165) is 23.9 Å². The number of nitrogens with two attached hydrogens (primary N) is 1. The summed E-state index contributed by atoms with van der Waals surface area (Å²) >= 11 is 13.7. The van der Waals surface area contributed by atoms with Crippen LogP contribution in [0.2, 0.25) is 10.0 Å². The maximum atomic E-state index is 13.9. The Morgan fingerprint density at radius 3 is 2.59 bits per heavy atom. The van der Waals surface area contributed by atoms with Gasteiger partial charge in [0.15, 0.2) is 11.6 Å². The zero-order chi connectivity index (χ0) is 23.0. The van der Waals surface area contributed by atoms with Crippen LogP contribution in [0.25, 0.3) is 5.57 Å². The molecule has 0 aliphatic carbocycles. The number of nitrogens with zero attached hydrogens (tertiary/aromatic N) is 2. The van der Waals surface area contributed by atoms with Crippen molar-refractivity contribution in [2.75, 3.05) is 6.67 Å². The topological polar surface area (TPSA) is 94.6 Å². The van der Waals surface area contributed by atoms with Gasteiger partial charge >= 0.3 is 0 Å². The second-order valence-electron chi connectivity index (χ2n) is 6.87. The van der Waals surface area contributed by atoms with Crippen LogP contribution in [0.4, 0.5) is 8.78 Å². The van der Waals surface area contributed by atoms with Crippen molar-refractivity contribution in [3.8, 4) is 0 Å². The number of fused-ring (bicyclic) bond motifs is 1. The molecular weight excluding hydrogens is 479 g/mol. The maximum Gasteiger partial charge on any atom is 0.255 e. The van der Waals surface area contributed by atoms with Gasteiger partial charge in [-0.15, -0.1) is 0 Å². The molecule has 2 aromatic rings. The van der Waals surface area contributed by atoms with Crippen LogP contribution in [-0.4, -0.2) is 28.5 Å². The van der Waals surface area contributed by atoms with Gasteiger partial charge in [0.05, 0.1) is 27.2 Å². The van der Waals surface area contributed by atoms with Crippen molar-refractivity contribution in [3.63, 3.8) is 0 Å². The molecule has 164 valence electrons. The molecule has 0 spiro atoms. The molecule has 0 saturated heterocycles. The molecule has 2 aromatic carbocycles. The standard InChI is InChI=1S/C21H15Cl2F2N5OS/c22-11-2-1-3-12(23)19(11)20-15-4-5-18(29-30(15)9-28-21(20)31)32-16-8-14(25)13(24)6-10(16)7-17(26)27/h1-6,8H,7,9H2,(H3,26,27)(H,28,31). The normalized spacial score (nSPS) is 15.4. The Morgan fingerprint density at radius 1 is 1.22 bits per heavy atom. The van der Waals surface area contributed by atoms with Gasteiger partial charge in [-0.1, -0.05) is 41.0 Å². The SMILES string of the molecule is N=C(N)Cc1cc(F)c(F)cc1SC1=NN2CNC(=O)C(c3c(Cl)cccc3Cl)=C2C=C1. The number of amidine groups is 1. The van der Waals surface area contributed by atoms with Gasteiger partial charge in [0, 0.05) is 16.9 Å². The second-order valence-corrected chi connectivity index (χ2v) is 8.75. The van der Waals surface area contributed by atoms with Crippen LogP contribution in [-0.2, 0) is 11.2 Å². The van der Waals surface area contributed by atoms with Crippen LogP contribution >= 0.6 is 35.0 Å². The van der Waals surface area contributed by atoms with Crippen molar-refractivity contribution in [1.29, 1.82) is 5.41 Å². The number of allylic oxidation sites excluding steroid dienone is 1. The molecule has 11 heteroatoms. The molecule has 6 nitrogen and oxygen atoms in total. The molecule has 4 rings (SSSR count). The Morgan fingerprint density at radius 2 is 1.91 bits per heavy atom. The Balaban J connectivity index is 1.71. The second kappa shape index (κ2) is 8.93. The third-order valence-corrected chi connectivity index (χ3v) is 6.32. The first-order chi connectivity index (χ1) is 15.2. The fourth-order valence-corrected chi connectivity index (χ4v) is 4.79. The van der Waals surface area contributed by atoms with E-state index in [9.17, 15) is 13.6 Å². The highest BCUT2D eigenvalue weighted by atomic mass is 35.5. The number of carbonyl (C=O) groups excluding carboxylic acids is 1. The zero-order valence-electron chi connectivity index (χ0n) is 16.3. The molecule has 0 saturated carbocycles. The van der Waals surface area contributed by atoms with Gasteiger partial charge in [0.1, 0.15) is 11.7 Å². The first-order valence-corrected chi connectivity index (χ1v) is 10.8. The summed E-state index contributed by atoms with van der Waals surface area (Å²) in [5, 5.41) is 17.4. The Kier molecular flexibility index (Phi) is 6.23. The molecular formula is C21H15Cl2F2N5OS. The largest absolute Gasteiger partial charge is 0.387 e. The van der Waals surface area contributed by atoms with E-state index in [4.69, 9.17) is 34.3 Å². The highest BCUT2D eigenvalue weighted by molar-refractivity contribution is 8.14. The number of hydrogen-bond acceptors (Lipinski definition) is 5. The third-order valence-electron chi connectivity index (χ3n) is 4.67. The summed E-state index contributed by atoms with van der Waals surface area (Å²) in [7, 11) is 0. The molecule has 2 aliphatic rings. The lowest BCUT2D eigenvalue weighted by Crippen LogP contribution is -2.42. The number of carbonyl (C=O) groups is 1. The lowest BCUT2D eigenvalue weighted by atomic mass is 10.0. The van der Waals surface area contributed by atoms with E-state index in [1.165, 1.54) is 0 Å². The number of hydrogen-bond donors (Lipinski definition) is 3. The molecule has 0 radical (unpaired) electrons. The molecule has 0 fully saturated rings. The highest BCUT2D eigenvalue weighted by Crippen LogP contribution is 2.37. The Hall–Kier alpha value is -2.88. The van der Waals surface area contributed by atoms with E-state index in [1.807, 2.05) is 0 Å². The van der Waals surface area contributed by atoms with Gasteiger partial charge in [0.2, 0.25) is 0 Å². The smallest absolute Gasteiger partial charge is 0.255 e. The lowest BCUT2D eigenvalue weighted by Gasteiger charge is -2.31. The van der Waals surface area contributed by atoms with Crippen molar-refractivity contribution in [2.24, 2.45) is 10.8 Å². The minimum absolute atomic E-state index is 0.0311. The summed E-state index contributed by atoms with van der Waals surface area (Å²) in [4.78, 5) is 13.0. The predicted molar refractivity (Wildman–Crippen MR) is 123 cm³/mol. The van der Waals surface area contributed by atoms with Crippen molar-refractivity contribution >= 4 is 57.3 Å². The van der Waals surface area contributed by atoms with Crippen molar-refractivity contribution in [2.45, 2.75) is 11.3 Å². The number of benzene rings is 2. The molecule has 32 heavy (non-hydrogen) atoms. The van der Waals surface area contributed by atoms with E-state index in [-0.39, 0.29) is 30.4 Å². The van der Waals surface area contributed by atoms with Crippen LogP contribution in [0.5, 0.6) is 0 Å². The summed E-state index contributed by atoms with van der Waals surface area (Å²) in [5.74, 6) is -2.55. The van der Waals surface area contributed by atoms with Crippen LogP contribution in [0.3, 0.4) is 0 Å². The summed E-state index contributed by atoms with van der Waals surface area (Å²) in [6.45, 7) is 0.103. The molecule has 4 N–H and O–H groups in total. The van der Waals surface area contributed by atoms with Gasteiger partial charge in [-0.05, 0) is 42.0 Å². The Bertz CT molecular complexity index is 1220. The molecule has 0 aromatic heterocycles. The first kappa shape index (κ1) is 22.3. The van der Waals surface area contributed by atoms with Crippen LogP contribution in [0.1, 0.15) is 11.1 Å². The highest BCUT2D eigenvalue weighted by Gasteiger charge is 2.30. The van der Waals surface area contributed by atoms with Gasteiger partial charge < -0.3 is 11.1 Å². The van der Waals surface area contributed by atoms with Gasteiger partial charge in [-0.3, -0.25) is 10.2 Å². The zero-order valence-corrected chi connectivity index (χ0v) is 18.6. The molecule has 2 heterocycles. The number of nitrogens with one attached hydrogen (secondary N) is 2. The van der Waals surface area contributed by atoms with Crippen molar-refractivity contribution in [3.05, 3.63) is 81.0 Å². The quantitative estimate of drug-likeness (QED) is 0.430. The van der Waals surface area contributed by atoms with Crippen LogP contribution in [0.15, 0.2) is 58.2 Å². The third kappa shape index (κ3) is 4.36. The number of hydrazone groups is 1. The Labute approximate surface area is 196 Å². The van der Waals surface area contributed by atoms with E-state index >= 15 is 0 Å². The van der Waals surface area contributed by atoms with Gasteiger partial charge in [0.25, 0.3) is 5.91 Å². The first-order valence-electron chi connectivity index (χ1n) is 9.24. The number of thioether (sulfide) groups is 1. The average molecular weight is 494 g/mol. The average Bonchev–Trinajstić information content (AvgIpc) is 2.72.